The number of ether oxygens (including phenoxy) is 2. The molecule has 3 heterocycles. The van der Waals surface area contributed by atoms with E-state index in [-0.39, 0.29) is 36.9 Å². The van der Waals surface area contributed by atoms with Gasteiger partial charge in [-0.3, -0.25) is 14.4 Å². The first-order chi connectivity index (χ1) is 20.7. The summed E-state index contributed by atoms with van der Waals surface area (Å²) in [6, 6.07) is 5.83. The summed E-state index contributed by atoms with van der Waals surface area (Å²) in [5.74, 6) is -1.63. The van der Waals surface area contributed by atoms with Crippen LogP contribution >= 0.6 is 0 Å². The summed E-state index contributed by atoms with van der Waals surface area (Å²) in [7, 11) is 0. The first-order valence-corrected chi connectivity index (χ1v) is 15.9. The molecule has 3 amide bonds. The lowest BCUT2D eigenvalue weighted by Crippen LogP contribution is -2.60. The van der Waals surface area contributed by atoms with Crippen LogP contribution in [0, 0.1) is 11.8 Å². The van der Waals surface area contributed by atoms with Crippen molar-refractivity contribution in [3.05, 3.63) is 49.6 Å². The summed E-state index contributed by atoms with van der Waals surface area (Å²) < 4.78 is 12.4. The van der Waals surface area contributed by atoms with Crippen molar-refractivity contribution in [3.8, 4) is 5.75 Å². The summed E-state index contributed by atoms with van der Waals surface area (Å²) in [6.45, 7) is 14.2. The Balaban J connectivity index is 1.54. The van der Waals surface area contributed by atoms with Crippen molar-refractivity contribution in [3.63, 3.8) is 0 Å². The number of hydrogen-bond acceptors (Lipinski definition) is 6. The number of amides is 3. The third-order valence-electron chi connectivity index (χ3n) is 10.1. The van der Waals surface area contributed by atoms with Crippen LogP contribution in [0.25, 0.3) is 0 Å². The topological polar surface area (TPSA) is 99.6 Å². The zero-order valence-corrected chi connectivity index (χ0v) is 25.9. The number of benzene rings is 1. The zero-order chi connectivity index (χ0) is 30.9. The summed E-state index contributed by atoms with van der Waals surface area (Å²) in [6.07, 6.45) is 9.51. The van der Waals surface area contributed by atoms with Gasteiger partial charge in [0.05, 0.1) is 36.7 Å². The fraction of sp³-hybridized carbons (Fsp3) is 0.618. The highest BCUT2D eigenvalue weighted by Crippen LogP contribution is 2.64. The van der Waals surface area contributed by atoms with Gasteiger partial charge in [0.1, 0.15) is 17.4 Å². The van der Waals surface area contributed by atoms with Crippen LogP contribution in [0.2, 0.25) is 0 Å². The van der Waals surface area contributed by atoms with E-state index in [1.165, 1.54) is 4.90 Å². The maximum atomic E-state index is 14.7. The highest BCUT2D eigenvalue weighted by molar-refractivity contribution is 6.03. The fourth-order valence-electron chi connectivity index (χ4n) is 8.20. The average Bonchev–Trinajstić information content (AvgIpc) is 3.59. The Morgan fingerprint density at radius 3 is 2.40 bits per heavy atom. The van der Waals surface area contributed by atoms with Gasteiger partial charge in [-0.05, 0) is 70.7 Å². The van der Waals surface area contributed by atoms with Crippen molar-refractivity contribution >= 4 is 23.4 Å². The molecule has 5 rings (SSSR count). The minimum absolute atomic E-state index is 0.0606. The lowest BCUT2D eigenvalue weighted by Gasteiger charge is -2.42. The van der Waals surface area contributed by atoms with Crippen LogP contribution in [0.1, 0.15) is 65.7 Å². The Morgan fingerprint density at radius 1 is 1.12 bits per heavy atom. The van der Waals surface area contributed by atoms with E-state index < -0.39 is 35.1 Å². The van der Waals surface area contributed by atoms with Gasteiger partial charge in [0.15, 0.2) is 0 Å². The Kier molecular flexibility index (Phi) is 9.05. The molecule has 1 aromatic carbocycles. The molecule has 0 radical (unpaired) electrons. The van der Waals surface area contributed by atoms with Gasteiger partial charge in [-0.15, -0.1) is 13.2 Å². The van der Waals surface area contributed by atoms with Crippen LogP contribution in [0.5, 0.6) is 5.75 Å². The lowest BCUT2D eigenvalue weighted by atomic mass is 9.66. The quantitative estimate of drug-likeness (QED) is 0.367. The maximum absolute atomic E-state index is 14.7. The molecule has 2 bridgehead atoms. The average molecular weight is 594 g/mol. The highest BCUT2D eigenvalue weighted by Gasteiger charge is 2.78. The number of aliphatic hydroxyl groups excluding tert-OH is 1. The summed E-state index contributed by atoms with van der Waals surface area (Å²) in [4.78, 5) is 48.8. The van der Waals surface area contributed by atoms with Gasteiger partial charge < -0.3 is 29.3 Å². The van der Waals surface area contributed by atoms with Gasteiger partial charge in [0.25, 0.3) is 0 Å². The number of nitrogens with zero attached hydrogens (tertiary/aromatic N) is 3. The van der Waals surface area contributed by atoms with Crippen molar-refractivity contribution in [1.82, 2.24) is 9.80 Å². The van der Waals surface area contributed by atoms with E-state index in [0.717, 1.165) is 32.1 Å². The van der Waals surface area contributed by atoms with Crippen LogP contribution in [-0.2, 0) is 19.1 Å². The van der Waals surface area contributed by atoms with Gasteiger partial charge in [-0.1, -0.05) is 31.4 Å². The molecule has 43 heavy (non-hydrogen) atoms. The molecule has 6 atom stereocenters. The molecule has 3 aliphatic heterocycles. The molecule has 2 unspecified atom stereocenters. The Labute approximate surface area is 255 Å². The SMILES string of the molecule is C=CCN(C(=O)[C@@H]1[C@H]2C(=O)N([C@H](C)CO)C(C(=O)N(CC=C)C3CCCCC3)C23CC[C@@]1(C)O3)c1ccc(OCC)cc1. The van der Waals surface area contributed by atoms with Gasteiger partial charge in [0, 0.05) is 24.8 Å². The minimum Gasteiger partial charge on any atom is -0.494 e. The normalized spacial score (nSPS) is 30.6. The van der Waals surface area contributed by atoms with Crippen molar-refractivity contribution in [2.24, 2.45) is 11.8 Å². The second kappa shape index (κ2) is 12.4. The molecule has 9 nitrogen and oxygen atoms in total. The lowest BCUT2D eigenvalue weighted by molar-refractivity contribution is -0.156. The van der Waals surface area contributed by atoms with Crippen molar-refractivity contribution in [2.45, 2.75) is 95.0 Å². The minimum atomic E-state index is -1.15. The second-order valence-electron chi connectivity index (χ2n) is 12.7. The zero-order valence-electron chi connectivity index (χ0n) is 25.9. The number of fused-ring (bicyclic) bond motifs is 1. The Hall–Kier alpha value is -3.17. The standard InChI is InChI=1S/C34H47N3O6/c1-6-20-35(25-14-16-26(17-15-25)42-8-3)30(39)27-28-31(40)37(23(4)22-38)29(34(28)19-18-33(27,5)43-34)32(41)36(21-7-2)24-12-10-9-11-13-24/h6-7,14-17,23-24,27-29,38H,1-2,8-13,18-22H2,3-5H3/t23-,27+,28+,29?,33-,34?/m1/s1. The molecule has 1 N–H and O–H groups in total. The molecule has 3 saturated heterocycles. The Bertz CT molecular complexity index is 1230. The van der Waals surface area contributed by atoms with E-state index in [9.17, 15) is 19.5 Å². The molecule has 9 heteroatoms. The summed E-state index contributed by atoms with van der Waals surface area (Å²) in [5.41, 5.74) is -1.40. The largest absolute Gasteiger partial charge is 0.494 e. The molecular weight excluding hydrogens is 546 g/mol. The predicted molar refractivity (Wildman–Crippen MR) is 165 cm³/mol. The van der Waals surface area contributed by atoms with Crippen LogP contribution in [0.15, 0.2) is 49.6 Å². The van der Waals surface area contributed by atoms with Crippen molar-refractivity contribution in [2.75, 3.05) is 31.2 Å². The van der Waals surface area contributed by atoms with E-state index >= 15 is 0 Å². The third kappa shape index (κ3) is 5.18. The molecule has 1 aliphatic carbocycles. The van der Waals surface area contributed by atoms with E-state index in [2.05, 4.69) is 13.2 Å². The van der Waals surface area contributed by atoms with Gasteiger partial charge in [0.2, 0.25) is 17.7 Å². The fourth-order valence-corrected chi connectivity index (χ4v) is 8.20. The van der Waals surface area contributed by atoms with Crippen molar-refractivity contribution < 1.29 is 29.0 Å². The smallest absolute Gasteiger partial charge is 0.248 e. The van der Waals surface area contributed by atoms with Crippen molar-refractivity contribution in [1.29, 1.82) is 0 Å². The Morgan fingerprint density at radius 2 is 1.79 bits per heavy atom. The molecule has 1 saturated carbocycles. The number of aliphatic hydroxyl groups is 1. The van der Waals surface area contributed by atoms with Crippen LogP contribution in [0.4, 0.5) is 5.69 Å². The number of rotatable bonds is 12. The molecule has 4 aliphatic rings. The monoisotopic (exact) mass is 593 g/mol. The molecule has 234 valence electrons. The number of hydrogen-bond donors (Lipinski definition) is 1. The number of likely N-dealkylation sites (tertiary alicyclic amines) is 1. The third-order valence-corrected chi connectivity index (χ3v) is 10.1. The molecule has 1 spiro atoms. The number of anilines is 1. The highest BCUT2D eigenvalue weighted by atomic mass is 16.5. The van der Waals surface area contributed by atoms with E-state index in [0.29, 0.717) is 37.4 Å². The van der Waals surface area contributed by atoms with E-state index in [1.807, 2.05) is 43.0 Å². The maximum Gasteiger partial charge on any atom is 0.248 e. The predicted octanol–water partition coefficient (Wildman–Crippen LogP) is 4.10. The van der Waals surface area contributed by atoms with Gasteiger partial charge in [-0.25, -0.2) is 0 Å². The molecular formula is C34H47N3O6. The number of carbonyl (C=O) groups excluding carboxylic acids is 3. The second-order valence-corrected chi connectivity index (χ2v) is 12.7. The molecule has 4 fully saturated rings. The van der Waals surface area contributed by atoms with Crippen LogP contribution < -0.4 is 9.64 Å². The first kappa shape index (κ1) is 31.3. The van der Waals surface area contributed by atoms with Gasteiger partial charge >= 0.3 is 0 Å². The first-order valence-electron chi connectivity index (χ1n) is 15.9. The van der Waals surface area contributed by atoms with Crippen LogP contribution in [-0.4, -0.2) is 88.3 Å². The number of carbonyl (C=O) groups is 3. The summed E-state index contributed by atoms with van der Waals surface area (Å²) >= 11 is 0. The van der Waals surface area contributed by atoms with Crippen LogP contribution in [0.3, 0.4) is 0 Å². The van der Waals surface area contributed by atoms with E-state index in [4.69, 9.17) is 9.47 Å². The molecule has 0 aromatic heterocycles. The summed E-state index contributed by atoms with van der Waals surface area (Å²) in [5, 5.41) is 10.3. The van der Waals surface area contributed by atoms with Gasteiger partial charge in [-0.2, -0.15) is 0 Å². The molecule has 1 aromatic rings. The van der Waals surface area contributed by atoms with E-state index in [1.54, 1.807) is 24.0 Å².